The molecule has 17 heavy (non-hydrogen) atoms. The molecule has 1 aromatic carbocycles. The van der Waals surface area contributed by atoms with Gasteiger partial charge in [0.15, 0.2) is 11.6 Å². The lowest BCUT2D eigenvalue weighted by molar-refractivity contribution is -0.140. The first-order chi connectivity index (χ1) is 7.99. The monoisotopic (exact) mass is 241 g/mol. The van der Waals surface area contributed by atoms with Crippen LogP contribution in [0, 0.1) is 11.6 Å². The summed E-state index contributed by atoms with van der Waals surface area (Å²) in [6.45, 7) is 0. The second-order valence-electron chi connectivity index (χ2n) is 3.87. The first kappa shape index (κ1) is 11.5. The maximum absolute atomic E-state index is 13.0. The minimum Gasteiger partial charge on any atom is -0.480 e. The van der Waals surface area contributed by atoms with Crippen molar-refractivity contribution < 1.29 is 23.5 Å². The molecule has 1 aliphatic rings. The highest BCUT2D eigenvalue weighted by atomic mass is 19.2. The van der Waals surface area contributed by atoms with E-state index in [9.17, 15) is 18.4 Å². The predicted molar refractivity (Wildman–Crippen MR) is 53.3 cm³/mol. The van der Waals surface area contributed by atoms with Gasteiger partial charge in [-0.05, 0) is 17.7 Å². The summed E-state index contributed by atoms with van der Waals surface area (Å²) in [7, 11) is 0. The van der Waals surface area contributed by atoms with Crippen molar-refractivity contribution in [1.82, 2.24) is 5.32 Å². The average Bonchev–Trinajstić information content (AvgIpc) is 2.64. The molecule has 1 amide bonds. The number of hydrogen-bond acceptors (Lipinski definition) is 2. The number of amides is 1. The Kier molecular flexibility index (Phi) is 2.79. The third kappa shape index (κ3) is 2.11. The zero-order chi connectivity index (χ0) is 12.6. The number of carbonyl (C=O) groups is 2. The van der Waals surface area contributed by atoms with Crippen LogP contribution in [0.5, 0.6) is 0 Å². The molecule has 0 aromatic heterocycles. The van der Waals surface area contributed by atoms with Crippen molar-refractivity contribution >= 4 is 11.9 Å². The van der Waals surface area contributed by atoms with Crippen LogP contribution in [0.1, 0.15) is 17.9 Å². The number of rotatable bonds is 2. The summed E-state index contributed by atoms with van der Waals surface area (Å²) in [5.74, 6) is -4.32. The Bertz CT molecular complexity index is 490. The van der Waals surface area contributed by atoms with Crippen molar-refractivity contribution in [3.05, 3.63) is 35.4 Å². The highest BCUT2D eigenvalue weighted by molar-refractivity contribution is 5.89. The van der Waals surface area contributed by atoms with Gasteiger partial charge in [0.25, 0.3) is 0 Å². The third-order valence-electron chi connectivity index (χ3n) is 2.76. The van der Waals surface area contributed by atoms with Gasteiger partial charge in [0.1, 0.15) is 6.04 Å². The Morgan fingerprint density at radius 3 is 2.65 bits per heavy atom. The van der Waals surface area contributed by atoms with Gasteiger partial charge in [-0.3, -0.25) is 4.79 Å². The second-order valence-corrected chi connectivity index (χ2v) is 3.87. The molecule has 0 spiro atoms. The van der Waals surface area contributed by atoms with E-state index < -0.39 is 35.5 Å². The molecule has 1 fully saturated rings. The quantitative estimate of drug-likeness (QED) is 0.812. The SMILES string of the molecule is O=C1C[C@H](c2ccc(F)c(F)c2)[C@@H](C(=O)O)N1. The molecule has 2 rings (SSSR count). The molecule has 1 aromatic rings. The summed E-state index contributed by atoms with van der Waals surface area (Å²) >= 11 is 0. The van der Waals surface area contributed by atoms with Crippen molar-refractivity contribution in [2.24, 2.45) is 0 Å². The molecule has 0 bridgehead atoms. The minimum atomic E-state index is -1.19. The fourth-order valence-electron chi connectivity index (χ4n) is 1.94. The van der Waals surface area contributed by atoms with Gasteiger partial charge >= 0.3 is 5.97 Å². The first-order valence-electron chi connectivity index (χ1n) is 4.96. The van der Waals surface area contributed by atoms with Crippen LogP contribution in [-0.2, 0) is 9.59 Å². The van der Waals surface area contributed by atoms with Crippen molar-refractivity contribution in [3.8, 4) is 0 Å². The smallest absolute Gasteiger partial charge is 0.326 e. The molecule has 1 aliphatic heterocycles. The Balaban J connectivity index is 2.34. The van der Waals surface area contributed by atoms with E-state index in [-0.39, 0.29) is 6.42 Å². The molecule has 0 saturated carbocycles. The van der Waals surface area contributed by atoms with E-state index in [1.165, 1.54) is 6.07 Å². The second kappa shape index (κ2) is 4.12. The maximum atomic E-state index is 13.0. The van der Waals surface area contributed by atoms with Crippen LogP contribution in [0.15, 0.2) is 18.2 Å². The van der Waals surface area contributed by atoms with Crippen molar-refractivity contribution in [3.63, 3.8) is 0 Å². The zero-order valence-electron chi connectivity index (χ0n) is 8.61. The summed E-state index contributed by atoms with van der Waals surface area (Å²) in [5.41, 5.74) is 0.301. The van der Waals surface area contributed by atoms with Crippen molar-refractivity contribution in [2.45, 2.75) is 18.4 Å². The molecule has 2 atom stereocenters. The number of carboxylic acids is 1. The van der Waals surface area contributed by atoms with Gasteiger partial charge in [-0.1, -0.05) is 6.07 Å². The van der Waals surface area contributed by atoms with Gasteiger partial charge in [0.05, 0.1) is 0 Å². The summed E-state index contributed by atoms with van der Waals surface area (Å²) < 4.78 is 25.8. The Morgan fingerprint density at radius 2 is 2.06 bits per heavy atom. The molecule has 4 nitrogen and oxygen atoms in total. The molecule has 0 radical (unpaired) electrons. The molecule has 90 valence electrons. The molecule has 6 heteroatoms. The summed E-state index contributed by atoms with van der Waals surface area (Å²) in [4.78, 5) is 22.1. The van der Waals surface area contributed by atoms with Crippen molar-refractivity contribution in [1.29, 1.82) is 0 Å². The molecular formula is C11H9F2NO3. The number of benzene rings is 1. The fourth-order valence-corrected chi connectivity index (χ4v) is 1.94. The van der Waals surface area contributed by atoms with Gasteiger partial charge in [-0.25, -0.2) is 13.6 Å². The van der Waals surface area contributed by atoms with Crippen molar-refractivity contribution in [2.75, 3.05) is 0 Å². The van der Waals surface area contributed by atoms with E-state index >= 15 is 0 Å². The van der Waals surface area contributed by atoms with E-state index in [1.54, 1.807) is 0 Å². The van der Waals surface area contributed by atoms with E-state index in [4.69, 9.17) is 5.11 Å². The van der Waals surface area contributed by atoms with E-state index in [0.29, 0.717) is 5.56 Å². The normalized spacial score (nSPS) is 23.5. The largest absolute Gasteiger partial charge is 0.480 e. The van der Waals surface area contributed by atoms with Gasteiger partial charge in [-0.2, -0.15) is 0 Å². The lowest BCUT2D eigenvalue weighted by Gasteiger charge is -2.14. The highest BCUT2D eigenvalue weighted by Crippen LogP contribution is 2.29. The number of carbonyl (C=O) groups excluding carboxylic acids is 1. The Morgan fingerprint density at radius 1 is 1.35 bits per heavy atom. The molecule has 1 heterocycles. The third-order valence-corrected chi connectivity index (χ3v) is 2.76. The van der Waals surface area contributed by atoms with Crippen LogP contribution in [0.25, 0.3) is 0 Å². The summed E-state index contributed by atoms with van der Waals surface area (Å²) in [5, 5.41) is 11.2. The number of aliphatic carboxylic acids is 1. The number of hydrogen-bond donors (Lipinski definition) is 2. The van der Waals surface area contributed by atoms with Crippen LogP contribution in [0.4, 0.5) is 8.78 Å². The van der Waals surface area contributed by atoms with Crippen LogP contribution >= 0.6 is 0 Å². The Labute approximate surface area is 95.2 Å². The number of halogens is 2. The number of carboxylic acid groups (broad SMARTS) is 1. The predicted octanol–water partition coefficient (Wildman–Crippen LogP) is 1.02. The minimum absolute atomic E-state index is 0.0396. The fraction of sp³-hybridized carbons (Fsp3) is 0.273. The number of nitrogens with one attached hydrogen (secondary N) is 1. The molecule has 1 saturated heterocycles. The van der Waals surface area contributed by atoms with Gasteiger partial charge < -0.3 is 10.4 Å². The van der Waals surface area contributed by atoms with Crippen LogP contribution < -0.4 is 5.32 Å². The molecule has 2 N–H and O–H groups in total. The maximum Gasteiger partial charge on any atom is 0.326 e. The van der Waals surface area contributed by atoms with E-state index in [2.05, 4.69) is 5.32 Å². The van der Waals surface area contributed by atoms with E-state index in [0.717, 1.165) is 12.1 Å². The Hall–Kier alpha value is -1.98. The van der Waals surface area contributed by atoms with Crippen LogP contribution in [-0.4, -0.2) is 23.0 Å². The van der Waals surface area contributed by atoms with E-state index in [1.807, 2.05) is 0 Å². The summed E-state index contributed by atoms with van der Waals surface area (Å²) in [6.07, 6.45) is -0.0396. The standard InChI is InChI=1S/C11H9F2NO3/c12-7-2-1-5(3-8(7)13)6-4-9(15)14-10(6)11(16)17/h1-3,6,10H,4H2,(H,14,15)(H,16,17)/t6-,10+/m1/s1. The molecular weight excluding hydrogens is 232 g/mol. The average molecular weight is 241 g/mol. The topological polar surface area (TPSA) is 66.4 Å². The van der Waals surface area contributed by atoms with Gasteiger partial charge in [-0.15, -0.1) is 0 Å². The first-order valence-corrected chi connectivity index (χ1v) is 4.96. The lowest BCUT2D eigenvalue weighted by Crippen LogP contribution is -2.36. The van der Waals surface area contributed by atoms with Crippen LogP contribution in [0.3, 0.4) is 0 Å². The molecule has 0 unspecified atom stereocenters. The highest BCUT2D eigenvalue weighted by Gasteiger charge is 2.38. The van der Waals surface area contributed by atoms with Crippen LogP contribution in [0.2, 0.25) is 0 Å². The zero-order valence-corrected chi connectivity index (χ0v) is 8.61. The molecule has 0 aliphatic carbocycles. The lowest BCUT2D eigenvalue weighted by atomic mass is 9.92. The summed E-state index contributed by atoms with van der Waals surface area (Å²) in [6, 6.07) is 2.05. The van der Waals surface area contributed by atoms with Gasteiger partial charge in [0.2, 0.25) is 5.91 Å². The van der Waals surface area contributed by atoms with Gasteiger partial charge in [0, 0.05) is 12.3 Å².